The Labute approximate surface area is 84.8 Å². The van der Waals surface area contributed by atoms with Crippen LogP contribution in [0.15, 0.2) is 23.5 Å². The Morgan fingerprint density at radius 1 is 1.43 bits per heavy atom. The third-order valence-electron chi connectivity index (χ3n) is 1.57. The van der Waals surface area contributed by atoms with Crippen molar-refractivity contribution in [2.24, 2.45) is 5.16 Å². The van der Waals surface area contributed by atoms with Gasteiger partial charge in [0.2, 0.25) is 0 Å². The topological polar surface area (TPSA) is 34.5 Å². The second-order valence-electron chi connectivity index (χ2n) is 4.12. The van der Waals surface area contributed by atoms with Crippen LogP contribution in [0.25, 0.3) is 0 Å². The van der Waals surface area contributed by atoms with Gasteiger partial charge in [-0.25, -0.2) is 0 Å². The molecule has 0 unspecified atom stereocenters. The standard InChI is InChI=1S/C11H16N2O/c1-9-10(6-5-7-12-9)8-13-14-11(2,3)4/h5-8H,1-4H3/b13-8-. The largest absolute Gasteiger partial charge is 0.390 e. The summed E-state index contributed by atoms with van der Waals surface area (Å²) in [6, 6.07) is 3.84. The van der Waals surface area contributed by atoms with E-state index in [0.29, 0.717) is 0 Å². The van der Waals surface area contributed by atoms with Gasteiger partial charge in [-0.1, -0.05) is 5.16 Å². The number of aryl methyl sites for hydroxylation is 1. The maximum Gasteiger partial charge on any atom is 0.129 e. The molecular weight excluding hydrogens is 176 g/mol. The molecule has 0 atom stereocenters. The first-order chi connectivity index (χ1) is 6.49. The second kappa shape index (κ2) is 4.22. The van der Waals surface area contributed by atoms with Crippen LogP contribution in [0.2, 0.25) is 0 Å². The van der Waals surface area contributed by atoms with E-state index in [-0.39, 0.29) is 5.60 Å². The van der Waals surface area contributed by atoms with Gasteiger partial charge in [-0.15, -0.1) is 0 Å². The van der Waals surface area contributed by atoms with Gasteiger partial charge in [0.05, 0.1) is 6.21 Å². The summed E-state index contributed by atoms with van der Waals surface area (Å²) in [6.07, 6.45) is 3.45. The minimum absolute atomic E-state index is 0.243. The van der Waals surface area contributed by atoms with E-state index in [1.807, 2.05) is 39.8 Å². The lowest BCUT2D eigenvalue weighted by molar-refractivity contribution is 0.00198. The Morgan fingerprint density at radius 3 is 2.71 bits per heavy atom. The summed E-state index contributed by atoms with van der Waals surface area (Å²) >= 11 is 0. The number of pyridine rings is 1. The highest BCUT2D eigenvalue weighted by atomic mass is 16.6. The Bertz CT molecular complexity index is 326. The van der Waals surface area contributed by atoms with Crippen molar-refractivity contribution in [1.29, 1.82) is 0 Å². The molecule has 3 heteroatoms. The first-order valence-corrected chi connectivity index (χ1v) is 4.62. The highest BCUT2D eigenvalue weighted by Gasteiger charge is 2.09. The fourth-order valence-electron chi connectivity index (χ4n) is 0.874. The molecule has 14 heavy (non-hydrogen) atoms. The number of hydrogen-bond donors (Lipinski definition) is 0. The molecule has 0 aliphatic carbocycles. The molecule has 3 nitrogen and oxygen atoms in total. The van der Waals surface area contributed by atoms with Crippen molar-refractivity contribution in [3.05, 3.63) is 29.6 Å². The smallest absolute Gasteiger partial charge is 0.129 e. The van der Waals surface area contributed by atoms with Gasteiger partial charge >= 0.3 is 0 Å². The molecule has 0 radical (unpaired) electrons. The molecular formula is C11H16N2O. The van der Waals surface area contributed by atoms with E-state index in [9.17, 15) is 0 Å². The molecule has 0 fully saturated rings. The quantitative estimate of drug-likeness (QED) is 0.533. The van der Waals surface area contributed by atoms with Gasteiger partial charge in [-0.2, -0.15) is 0 Å². The zero-order valence-corrected chi connectivity index (χ0v) is 9.11. The van der Waals surface area contributed by atoms with E-state index in [0.717, 1.165) is 11.3 Å². The monoisotopic (exact) mass is 192 g/mol. The number of oxime groups is 1. The minimum Gasteiger partial charge on any atom is -0.390 e. The predicted octanol–water partition coefficient (Wildman–Crippen LogP) is 2.54. The summed E-state index contributed by atoms with van der Waals surface area (Å²) in [5, 5.41) is 3.91. The molecule has 76 valence electrons. The number of hydrogen-bond acceptors (Lipinski definition) is 3. The zero-order chi connectivity index (χ0) is 10.6. The van der Waals surface area contributed by atoms with Gasteiger partial charge in [0.15, 0.2) is 0 Å². The molecule has 0 N–H and O–H groups in total. The first-order valence-electron chi connectivity index (χ1n) is 4.62. The Balaban J connectivity index is 2.65. The molecule has 0 aliphatic heterocycles. The van der Waals surface area contributed by atoms with Crippen LogP contribution in [-0.2, 0) is 4.84 Å². The second-order valence-corrected chi connectivity index (χ2v) is 4.12. The highest BCUT2D eigenvalue weighted by Crippen LogP contribution is 2.07. The Kier molecular flexibility index (Phi) is 3.23. The van der Waals surface area contributed by atoms with Gasteiger partial charge in [0.1, 0.15) is 5.60 Å². The van der Waals surface area contributed by atoms with E-state index < -0.39 is 0 Å². The van der Waals surface area contributed by atoms with Crippen LogP contribution in [0.3, 0.4) is 0 Å². The van der Waals surface area contributed by atoms with E-state index in [1.165, 1.54) is 0 Å². The van der Waals surface area contributed by atoms with Crippen LogP contribution in [0.5, 0.6) is 0 Å². The summed E-state index contributed by atoms with van der Waals surface area (Å²) in [4.78, 5) is 9.38. The van der Waals surface area contributed by atoms with Crippen LogP contribution in [0.4, 0.5) is 0 Å². The lowest BCUT2D eigenvalue weighted by atomic mass is 10.2. The minimum atomic E-state index is -0.243. The van der Waals surface area contributed by atoms with Crippen LogP contribution in [0, 0.1) is 6.92 Å². The van der Waals surface area contributed by atoms with Crippen molar-refractivity contribution in [3.8, 4) is 0 Å². The molecule has 1 rings (SSSR count). The van der Waals surface area contributed by atoms with Gasteiger partial charge in [0, 0.05) is 17.5 Å². The molecule has 0 bridgehead atoms. The average Bonchev–Trinajstić information content (AvgIpc) is 2.06. The summed E-state index contributed by atoms with van der Waals surface area (Å²) in [5.41, 5.74) is 1.69. The van der Waals surface area contributed by atoms with E-state index in [1.54, 1.807) is 12.4 Å². The van der Waals surface area contributed by atoms with E-state index in [4.69, 9.17) is 4.84 Å². The Morgan fingerprint density at radius 2 is 2.14 bits per heavy atom. The molecule has 1 heterocycles. The van der Waals surface area contributed by atoms with E-state index >= 15 is 0 Å². The van der Waals surface area contributed by atoms with Gasteiger partial charge in [0.25, 0.3) is 0 Å². The van der Waals surface area contributed by atoms with Crippen molar-refractivity contribution in [2.75, 3.05) is 0 Å². The van der Waals surface area contributed by atoms with E-state index in [2.05, 4.69) is 10.1 Å². The highest BCUT2D eigenvalue weighted by molar-refractivity contribution is 5.80. The van der Waals surface area contributed by atoms with Crippen LogP contribution in [-0.4, -0.2) is 16.8 Å². The van der Waals surface area contributed by atoms with Gasteiger partial charge < -0.3 is 4.84 Å². The maximum absolute atomic E-state index is 5.23. The van der Waals surface area contributed by atoms with Crippen LogP contribution in [0.1, 0.15) is 32.0 Å². The van der Waals surface area contributed by atoms with Crippen LogP contribution < -0.4 is 0 Å². The van der Waals surface area contributed by atoms with Crippen molar-refractivity contribution in [3.63, 3.8) is 0 Å². The van der Waals surface area contributed by atoms with Gasteiger partial charge in [-0.3, -0.25) is 4.98 Å². The zero-order valence-electron chi connectivity index (χ0n) is 9.11. The fourth-order valence-corrected chi connectivity index (χ4v) is 0.874. The molecule has 0 aromatic carbocycles. The normalized spacial score (nSPS) is 12.0. The molecule has 0 aliphatic rings. The summed E-state index contributed by atoms with van der Waals surface area (Å²) in [7, 11) is 0. The summed E-state index contributed by atoms with van der Waals surface area (Å²) < 4.78 is 0. The predicted molar refractivity (Wildman–Crippen MR) is 57.4 cm³/mol. The third-order valence-corrected chi connectivity index (χ3v) is 1.57. The molecule has 0 spiro atoms. The first kappa shape index (κ1) is 10.7. The third kappa shape index (κ3) is 3.56. The molecule has 0 saturated carbocycles. The molecule has 1 aromatic heterocycles. The number of aromatic nitrogens is 1. The van der Waals surface area contributed by atoms with Crippen molar-refractivity contribution >= 4 is 6.21 Å². The summed E-state index contributed by atoms with van der Waals surface area (Å²) in [6.45, 7) is 7.82. The van der Waals surface area contributed by atoms with Crippen molar-refractivity contribution < 1.29 is 4.84 Å². The van der Waals surface area contributed by atoms with Crippen molar-refractivity contribution in [2.45, 2.75) is 33.3 Å². The number of nitrogens with zero attached hydrogens (tertiary/aromatic N) is 2. The molecule has 0 saturated heterocycles. The molecule has 1 aromatic rings. The molecule has 0 amide bonds. The van der Waals surface area contributed by atoms with Gasteiger partial charge in [-0.05, 0) is 39.8 Å². The average molecular weight is 192 g/mol. The lowest BCUT2D eigenvalue weighted by Crippen LogP contribution is -2.15. The van der Waals surface area contributed by atoms with Crippen molar-refractivity contribution in [1.82, 2.24) is 4.98 Å². The fraction of sp³-hybridized carbons (Fsp3) is 0.455. The SMILES string of the molecule is Cc1ncccc1/C=N\OC(C)(C)C. The maximum atomic E-state index is 5.23. The summed E-state index contributed by atoms with van der Waals surface area (Å²) in [5.74, 6) is 0. The Hall–Kier alpha value is -1.38. The van der Waals surface area contributed by atoms with Crippen LogP contribution >= 0.6 is 0 Å². The lowest BCUT2D eigenvalue weighted by Gasteiger charge is -2.14. The number of rotatable bonds is 2.